The summed E-state index contributed by atoms with van der Waals surface area (Å²) in [5.41, 5.74) is 8.89. The lowest BCUT2D eigenvalue weighted by atomic mass is 10.1. The van der Waals surface area contributed by atoms with Gasteiger partial charge in [0, 0.05) is 0 Å². The fourth-order valence-electron chi connectivity index (χ4n) is 1.39. The highest BCUT2D eigenvalue weighted by Gasteiger charge is 1.83. The Morgan fingerprint density at radius 2 is 1.59 bits per heavy atom. The zero-order chi connectivity index (χ0) is 12.5. The summed E-state index contributed by atoms with van der Waals surface area (Å²) < 4.78 is 0. The predicted octanol–water partition coefficient (Wildman–Crippen LogP) is 3.91. The van der Waals surface area contributed by atoms with E-state index < -0.39 is 0 Å². The van der Waals surface area contributed by atoms with Crippen molar-refractivity contribution < 1.29 is 0 Å². The minimum absolute atomic E-state index is 1.15. The van der Waals surface area contributed by atoms with Crippen molar-refractivity contribution in [2.24, 2.45) is 5.73 Å². The fraction of sp³-hybridized carbons (Fsp3) is 0.125. The van der Waals surface area contributed by atoms with Gasteiger partial charge in [0.05, 0.1) is 0 Å². The van der Waals surface area contributed by atoms with Crippen LogP contribution in [0.4, 0.5) is 0 Å². The Morgan fingerprint density at radius 1 is 0.882 bits per heavy atom. The molecule has 0 aromatic heterocycles. The highest BCUT2D eigenvalue weighted by molar-refractivity contribution is 5.51. The van der Waals surface area contributed by atoms with E-state index in [-0.39, 0.29) is 0 Å². The molecule has 0 aliphatic rings. The molecule has 1 aromatic carbocycles. The molecule has 0 atom stereocenters. The third-order valence-corrected chi connectivity index (χ3v) is 2.27. The van der Waals surface area contributed by atoms with Crippen molar-refractivity contribution >= 4 is 6.08 Å². The Kier molecular flexibility index (Phi) is 5.59. The Bertz CT molecular complexity index is 469. The molecule has 0 aliphatic heterocycles. The summed E-state index contributed by atoms with van der Waals surface area (Å²) in [7, 11) is 0. The van der Waals surface area contributed by atoms with Crippen LogP contribution in [0, 0.1) is 13.8 Å². The summed E-state index contributed by atoms with van der Waals surface area (Å²) >= 11 is 0. The van der Waals surface area contributed by atoms with E-state index in [9.17, 15) is 0 Å². The van der Waals surface area contributed by atoms with E-state index in [0.29, 0.717) is 0 Å². The molecule has 1 rings (SSSR count). The maximum absolute atomic E-state index is 5.30. The molecular weight excluding hydrogens is 206 g/mol. The molecule has 0 heterocycles. The number of hydrogen-bond donors (Lipinski definition) is 1. The Labute approximate surface area is 104 Å². The van der Waals surface area contributed by atoms with E-state index in [1.54, 1.807) is 0 Å². The maximum atomic E-state index is 5.30. The monoisotopic (exact) mass is 225 g/mol. The molecule has 0 amide bonds. The molecule has 1 aromatic rings. The van der Waals surface area contributed by atoms with Gasteiger partial charge in [0.25, 0.3) is 0 Å². The summed E-state index contributed by atoms with van der Waals surface area (Å²) in [6.45, 7) is 4.17. The zero-order valence-corrected chi connectivity index (χ0v) is 10.4. The highest BCUT2D eigenvalue weighted by atomic mass is 14.5. The summed E-state index contributed by atoms with van der Waals surface area (Å²) in [5.74, 6) is 0. The van der Waals surface area contributed by atoms with Crippen LogP contribution in [0.15, 0.2) is 60.8 Å². The fourth-order valence-corrected chi connectivity index (χ4v) is 1.39. The number of nitrogens with two attached hydrogens (primary N) is 1. The molecule has 0 radical (unpaired) electrons. The summed E-state index contributed by atoms with van der Waals surface area (Å²) in [6, 6.07) is 14.6. The molecule has 1 nitrogen and oxygen atoms in total. The van der Waals surface area contributed by atoms with Crippen LogP contribution in [0.2, 0.25) is 0 Å². The van der Waals surface area contributed by atoms with Gasteiger partial charge in [0.2, 0.25) is 0 Å². The Morgan fingerprint density at radius 3 is 2.29 bits per heavy atom. The van der Waals surface area contributed by atoms with Crippen molar-refractivity contribution in [2.45, 2.75) is 13.8 Å². The van der Waals surface area contributed by atoms with Crippen LogP contribution in [-0.4, -0.2) is 0 Å². The largest absolute Gasteiger partial charge is 0.405 e. The minimum atomic E-state index is 1.15. The van der Waals surface area contributed by atoms with Gasteiger partial charge in [-0.3, -0.25) is 0 Å². The first-order chi connectivity index (χ1) is 8.22. The SMILES string of the molecule is Cc1ccccc(C)cc(/C=C\C=C/N)cc1. The smallest absolute Gasteiger partial charge is 0.00624 e. The normalized spacial score (nSPS) is 10.7. The number of aryl methyl sites for hydroxylation is 2. The molecule has 0 saturated carbocycles. The Hall–Kier alpha value is -2.02. The maximum Gasteiger partial charge on any atom is -0.00624 e. The standard InChI is InChI=1S/C16H19N/c1-14-7-3-4-8-15(2)13-16(11-10-14)9-5-6-12-17/h3-13H,17H2,1-2H3/b4-3?,7-3?,8-4?,9-5-,11-10?,12-6-,14-7?,14-10?,15-8?,15-13?,16-11?,16-13?. The summed E-state index contributed by atoms with van der Waals surface area (Å²) in [6.07, 6.45) is 7.31. The first-order valence-corrected chi connectivity index (χ1v) is 5.69. The van der Waals surface area contributed by atoms with Crippen molar-refractivity contribution in [1.29, 1.82) is 0 Å². The number of hydrogen-bond acceptors (Lipinski definition) is 1. The van der Waals surface area contributed by atoms with Crippen LogP contribution in [0.1, 0.15) is 16.7 Å². The van der Waals surface area contributed by atoms with E-state index in [2.05, 4.69) is 56.3 Å². The molecule has 0 unspecified atom stereocenters. The van der Waals surface area contributed by atoms with Gasteiger partial charge in [-0.25, -0.2) is 0 Å². The van der Waals surface area contributed by atoms with Gasteiger partial charge in [-0.2, -0.15) is 0 Å². The second-order valence-electron chi connectivity index (χ2n) is 3.93. The highest BCUT2D eigenvalue weighted by Crippen LogP contribution is 2.04. The molecule has 2 N–H and O–H groups in total. The first-order valence-electron chi connectivity index (χ1n) is 5.69. The van der Waals surface area contributed by atoms with E-state index in [1.165, 1.54) is 17.3 Å². The molecule has 17 heavy (non-hydrogen) atoms. The molecule has 1 heteroatoms. The molecule has 0 aliphatic carbocycles. The van der Waals surface area contributed by atoms with Crippen LogP contribution in [-0.2, 0) is 0 Å². The average Bonchev–Trinajstić information content (AvgIpc) is 2.31. The second-order valence-corrected chi connectivity index (χ2v) is 3.93. The lowest BCUT2D eigenvalue weighted by molar-refractivity contribution is 1.45. The minimum Gasteiger partial charge on any atom is -0.405 e. The molecule has 0 saturated heterocycles. The summed E-state index contributed by atoms with van der Waals surface area (Å²) in [4.78, 5) is 0. The first kappa shape index (κ1) is 13.0. The van der Waals surface area contributed by atoms with E-state index in [0.717, 1.165) is 5.56 Å². The van der Waals surface area contributed by atoms with Crippen LogP contribution in [0.25, 0.3) is 6.08 Å². The Balaban J connectivity index is 3.24. The molecule has 0 bridgehead atoms. The molecule has 0 spiro atoms. The van der Waals surface area contributed by atoms with Gasteiger partial charge in [-0.1, -0.05) is 65.7 Å². The van der Waals surface area contributed by atoms with Gasteiger partial charge in [-0.15, -0.1) is 0 Å². The van der Waals surface area contributed by atoms with Gasteiger partial charge < -0.3 is 5.73 Å². The van der Waals surface area contributed by atoms with E-state index in [1.807, 2.05) is 18.2 Å². The molecule has 88 valence electrons. The van der Waals surface area contributed by atoms with Gasteiger partial charge in [0.15, 0.2) is 0 Å². The van der Waals surface area contributed by atoms with Crippen LogP contribution < -0.4 is 5.73 Å². The van der Waals surface area contributed by atoms with Crippen molar-refractivity contribution in [3.8, 4) is 0 Å². The third kappa shape index (κ3) is 5.57. The van der Waals surface area contributed by atoms with E-state index in [4.69, 9.17) is 5.73 Å². The van der Waals surface area contributed by atoms with Gasteiger partial charge >= 0.3 is 0 Å². The van der Waals surface area contributed by atoms with Gasteiger partial charge in [0.1, 0.15) is 0 Å². The van der Waals surface area contributed by atoms with Gasteiger partial charge in [-0.05, 0) is 31.7 Å². The van der Waals surface area contributed by atoms with Crippen LogP contribution in [0.5, 0.6) is 0 Å². The topological polar surface area (TPSA) is 26.0 Å². The predicted molar refractivity (Wildman–Crippen MR) is 75.9 cm³/mol. The van der Waals surface area contributed by atoms with Crippen molar-refractivity contribution in [2.75, 3.05) is 0 Å². The van der Waals surface area contributed by atoms with Crippen LogP contribution in [0.3, 0.4) is 0 Å². The quantitative estimate of drug-likeness (QED) is 0.759. The average molecular weight is 225 g/mol. The third-order valence-electron chi connectivity index (χ3n) is 2.27. The lowest BCUT2D eigenvalue weighted by Gasteiger charge is -1.92. The number of allylic oxidation sites excluding steroid dienone is 2. The van der Waals surface area contributed by atoms with Crippen molar-refractivity contribution in [3.63, 3.8) is 0 Å². The lowest BCUT2D eigenvalue weighted by Crippen LogP contribution is -1.74. The van der Waals surface area contributed by atoms with Crippen molar-refractivity contribution in [3.05, 3.63) is 77.5 Å². The number of rotatable bonds is 2. The van der Waals surface area contributed by atoms with Crippen LogP contribution >= 0.6 is 0 Å². The molecular formula is C16H19N. The van der Waals surface area contributed by atoms with E-state index >= 15 is 0 Å². The second kappa shape index (κ2) is 7.29. The summed E-state index contributed by atoms with van der Waals surface area (Å²) in [5, 5.41) is 0. The zero-order valence-electron chi connectivity index (χ0n) is 10.4. The molecule has 0 fully saturated rings. The van der Waals surface area contributed by atoms with Crippen molar-refractivity contribution in [1.82, 2.24) is 0 Å².